The molecule has 4 nitrogen and oxygen atoms in total. The van der Waals surface area contributed by atoms with E-state index in [0.717, 1.165) is 16.2 Å². The van der Waals surface area contributed by atoms with Gasteiger partial charge in [-0.05, 0) is 36.1 Å². The maximum absolute atomic E-state index is 9.56. The molecule has 1 atom stereocenters. The highest BCUT2D eigenvalue weighted by atomic mass is 32.1. The third-order valence-corrected chi connectivity index (χ3v) is 3.90. The van der Waals surface area contributed by atoms with Crippen LogP contribution in [0.5, 0.6) is 5.75 Å². The molecule has 2 aromatic heterocycles. The summed E-state index contributed by atoms with van der Waals surface area (Å²) in [5.74, 6) is 1.96. The van der Waals surface area contributed by atoms with Crippen molar-refractivity contribution in [1.82, 2.24) is 4.98 Å². The second kappa shape index (κ2) is 6.11. The molecule has 0 aliphatic carbocycles. The number of aromatic nitrogens is 1. The number of oxazole rings is 1. The Kier molecular flexibility index (Phi) is 4.03. The van der Waals surface area contributed by atoms with E-state index in [1.807, 2.05) is 41.8 Å². The Balaban J connectivity index is 1.67. The SMILES string of the molecule is CC(O)c1cccc(OCc2ncc(-c3cccs3)o2)c1. The van der Waals surface area contributed by atoms with Crippen molar-refractivity contribution in [1.29, 1.82) is 0 Å². The molecule has 21 heavy (non-hydrogen) atoms. The molecule has 0 fully saturated rings. The van der Waals surface area contributed by atoms with Gasteiger partial charge in [0.05, 0.1) is 17.2 Å². The van der Waals surface area contributed by atoms with Crippen molar-refractivity contribution in [3.8, 4) is 16.4 Å². The molecule has 0 spiro atoms. The fourth-order valence-electron chi connectivity index (χ4n) is 1.92. The van der Waals surface area contributed by atoms with Crippen LogP contribution >= 0.6 is 11.3 Å². The summed E-state index contributed by atoms with van der Waals surface area (Å²) in [6, 6.07) is 11.3. The zero-order chi connectivity index (χ0) is 14.7. The molecular formula is C16H15NO3S. The van der Waals surface area contributed by atoms with Gasteiger partial charge in [0.25, 0.3) is 0 Å². The molecule has 0 amide bonds. The minimum atomic E-state index is -0.513. The monoisotopic (exact) mass is 301 g/mol. The van der Waals surface area contributed by atoms with Crippen LogP contribution in [-0.4, -0.2) is 10.1 Å². The largest absolute Gasteiger partial charge is 0.484 e. The van der Waals surface area contributed by atoms with Crippen molar-refractivity contribution < 1.29 is 14.3 Å². The third-order valence-electron chi connectivity index (χ3n) is 3.02. The third kappa shape index (κ3) is 3.32. The van der Waals surface area contributed by atoms with Gasteiger partial charge in [-0.2, -0.15) is 0 Å². The Bertz CT molecular complexity index is 704. The van der Waals surface area contributed by atoms with Gasteiger partial charge in [0.1, 0.15) is 5.75 Å². The van der Waals surface area contributed by atoms with Crippen LogP contribution in [0.25, 0.3) is 10.6 Å². The summed E-state index contributed by atoms with van der Waals surface area (Å²) in [6.45, 7) is 1.98. The molecule has 2 heterocycles. The first kappa shape index (κ1) is 13.9. The summed E-state index contributed by atoms with van der Waals surface area (Å²) in [4.78, 5) is 5.26. The molecule has 0 saturated heterocycles. The van der Waals surface area contributed by atoms with E-state index >= 15 is 0 Å². The summed E-state index contributed by atoms with van der Waals surface area (Å²) >= 11 is 1.61. The van der Waals surface area contributed by atoms with Gasteiger partial charge in [0.2, 0.25) is 5.89 Å². The highest BCUT2D eigenvalue weighted by molar-refractivity contribution is 7.13. The van der Waals surface area contributed by atoms with Gasteiger partial charge >= 0.3 is 0 Å². The Hall–Kier alpha value is -2.11. The first-order valence-corrected chi connectivity index (χ1v) is 7.50. The lowest BCUT2D eigenvalue weighted by atomic mass is 10.1. The van der Waals surface area contributed by atoms with E-state index in [1.54, 1.807) is 24.5 Å². The molecule has 108 valence electrons. The maximum atomic E-state index is 9.56. The fourth-order valence-corrected chi connectivity index (χ4v) is 2.59. The summed E-state index contributed by atoms with van der Waals surface area (Å²) in [5.41, 5.74) is 0.819. The van der Waals surface area contributed by atoms with Crippen LogP contribution in [-0.2, 0) is 6.61 Å². The van der Waals surface area contributed by atoms with E-state index in [0.29, 0.717) is 11.6 Å². The minimum absolute atomic E-state index is 0.259. The molecule has 0 saturated carbocycles. The number of thiophene rings is 1. The normalized spacial score (nSPS) is 12.3. The van der Waals surface area contributed by atoms with Gasteiger partial charge in [0.15, 0.2) is 12.4 Å². The molecule has 1 N–H and O–H groups in total. The van der Waals surface area contributed by atoms with Gasteiger partial charge in [-0.15, -0.1) is 11.3 Å². The molecule has 1 aromatic carbocycles. The Morgan fingerprint density at radius 1 is 1.33 bits per heavy atom. The van der Waals surface area contributed by atoms with Crippen LogP contribution in [0, 0.1) is 0 Å². The average Bonchev–Trinajstić information content (AvgIpc) is 3.16. The number of hydrogen-bond acceptors (Lipinski definition) is 5. The number of aliphatic hydroxyl groups is 1. The predicted octanol–water partition coefficient (Wildman–Crippen LogP) is 4.04. The van der Waals surface area contributed by atoms with Crippen LogP contribution in [0.4, 0.5) is 0 Å². The molecular weight excluding hydrogens is 286 g/mol. The number of hydrogen-bond donors (Lipinski definition) is 1. The highest BCUT2D eigenvalue weighted by Crippen LogP contribution is 2.26. The highest BCUT2D eigenvalue weighted by Gasteiger charge is 2.08. The minimum Gasteiger partial charge on any atom is -0.484 e. The number of aliphatic hydroxyl groups excluding tert-OH is 1. The lowest BCUT2D eigenvalue weighted by Crippen LogP contribution is -1.97. The van der Waals surface area contributed by atoms with Crippen molar-refractivity contribution in [2.75, 3.05) is 0 Å². The zero-order valence-electron chi connectivity index (χ0n) is 11.5. The molecule has 0 bridgehead atoms. The Morgan fingerprint density at radius 3 is 3.00 bits per heavy atom. The molecule has 0 radical (unpaired) electrons. The fraction of sp³-hybridized carbons (Fsp3) is 0.188. The summed E-state index contributed by atoms with van der Waals surface area (Å²) < 4.78 is 11.3. The molecule has 3 rings (SSSR count). The number of ether oxygens (including phenoxy) is 1. The zero-order valence-corrected chi connectivity index (χ0v) is 12.3. The lowest BCUT2D eigenvalue weighted by molar-refractivity contribution is 0.198. The average molecular weight is 301 g/mol. The molecule has 5 heteroatoms. The van der Waals surface area contributed by atoms with Gasteiger partial charge in [-0.3, -0.25) is 0 Å². The second-order valence-corrected chi connectivity index (χ2v) is 5.58. The van der Waals surface area contributed by atoms with Crippen LogP contribution in [0.2, 0.25) is 0 Å². The first-order chi connectivity index (χ1) is 10.2. The Labute approximate surface area is 126 Å². The van der Waals surface area contributed by atoms with Crippen molar-refractivity contribution in [3.63, 3.8) is 0 Å². The van der Waals surface area contributed by atoms with Gasteiger partial charge < -0.3 is 14.3 Å². The van der Waals surface area contributed by atoms with E-state index in [9.17, 15) is 5.11 Å². The van der Waals surface area contributed by atoms with Gasteiger partial charge in [-0.1, -0.05) is 18.2 Å². The van der Waals surface area contributed by atoms with Crippen molar-refractivity contribution in [2.24, 2.45) is 0 Å². The van der Waals surface area contributed by atoms with E-state index < -0.39 is 6.10 Å². The van der Waals surface area contributed by atoms with E-state index in [-0.39, 0.29) is 6.61 Å². The van der Waals surface area contributed by atoms with E-state index in [2.05, 4.69) is 4.98 Å². The quantitative estimate of drug-likeness (QED) is 0.773. The van der Waals surface area contributed by atoms with Crippen LogP contribution < -0.4 is 4.74 Å². The van der Waals surface area contributed by atoms with Crippen LogP contribution in [0.3, 0.4) is 0 Å². The van der Waals surface area contributed by atoms with E-state index in [1.165, 1.54) is 0 Å². The second-order valence-electron chi connectivity index (χ2n) is 4.63. The molecule has 1 unspecified atom stereocenters. The van der Waals surface area contributed by atoms with Gasteiger partial charge in [0, 0.05) is 0 Å². The first-order valence-electron chi connectivity index (χ1n) is 6.62. The van der Waals surface area contributed by atoms with Crippen molar-refractivity contribution in [2.45, 2.75) is 19.6 Å². The lowest BCUT2D eigenvalue weighted by Gasteiger charge is -2.08. The smallest absolute Gasteiger partial charge is 0.232 e. The number of nitrogens with zero attached hydrogens (tertiary/aromatic N) is 1. The predicted molar refractivity (Wildman–Crippen MR) is 81.2 cm³/mol. The summed E-state index contributed by atoms with van der Waals surface area (Å²) in [5, 5.41) is 11.6. The summed E-state index contributed by atoms with van der Waals surface area (Å²) in [6.07, 6.45) is 1.19. The van der Waals surface area contributed by atoms with Gasteiger partial charge in [-0.25, -0.2) is 4.98 Å². The topological polar surface area (TPSA) is 55.5 Å². The van der Waals surface area contributed by atoms with Crippen LogP contribution in [0.15, 0.2) is 52.4 Å². The molecule has 0 aliphatic rings. The molecule has 0 aliphatic heterocycles. The Morgan fingerprint density at radius 2 is 2.24 bits per heavy atom. The van der Waals surface area contributed by atoms with Crippen molar-refractivity contribution in [3.05, 3.63) is 59.4 Å². The van der Waals surface area contributed by atoms with E-state index in [4.69, 9.17) is 9.15 Å². The molecule has 3 aromatic rings. The summed E-state index contributed by atoms with van der Waals surface area (Å²) in [7, 11) is 0. The number of benzene rings is 1. The van der Waals surface area contributed by atoms with Crippen molar-refractivity contribution >= 4 is 11.3 Å². The maximum Gasteiger partial charge on any atom is 0.232 e. The standard InChI is InChI=1S/C16H15NO3S/c1-11(18)12-4-2-5-13(8-12)19-10-16-17-9-14(20-16)15-6-3-7-21-15/h2-9,11,18H,10H2,1H3. The van der Waals surface area contributed by atoms with Crippen LogP contribution in [0.1, 0.15) is 24.5 Å². The number of rotatable bonds is 5.